The normalized spacial score (nSPS) is 16.7. The van der Waals surface area contributed by atoms with E-state index in [2.05, 4.69) is 18.4 Å². The zero-order valence-electron chi connectivity index (χ0n) is 14.0. The zero-order chi connectivity index (χ0) is 17.3. The zero-order valence-corrected chi connectivity index (χ0v) is 15.5. The molecule has 1 atom stereocenters. The fourth-order valence-corrected chi connectivity index (χ4v) is 4.50. The molecule has 3 rings (SSSR count). The van der Waals surface area contributed by atoms with Crippen molar-refractivity contribution in [2.24, 2.45) is 0 Å². The lowest BCUT2D eigenvalue weighted by molar-refractivity contribution is 0.0657. The molecule has 1 aliphatic rings. The predicted octanol–water partition coefficient (Wildman–Crippen LogP) is 4.57. The van der Waals surface area contributed by atoms with Crippen LogP contribution in [0.2, 0.25) is 5.02 Å². The average molecular weight is 366 g/mol. The maximum absolute atomic E-state index is 13.1. The van der Waals surface area contributed by atoms with Gasteiger partial charge in [-0.3, -0.25) is 4.79 Å². The standard InChI is InChI=1S/C18H20ClNO3S/c1-4-14-12-6-8-24-16(12)5-7-20(14)18(21)11-9-13(19)17(23-3)15(10-11)22-2/h6,8-10,14H,4-5,7H2,1-3H3/t14-/m1/s1. The molecule has 1 aromatic carbocycles. The molecule has 1 aromatic heterocycles. The minimum absolute atomic E-state index is 0.0263. The maximum Gasteiger partial charge on any atom is 0.254 e. The molecule has 0 N–H and O–H groups in total. The van der Waals surface area contributed by atoms with Gasteiger partial charge in [-0.1, -0.05) is 18.5 Å². The van der Waals surface area contributed by atoms with Crippen LogP contribution in [0.4, 0.5) is 0 Å². The van der Waals surface area contributed by atoms with Gasteiger partial charge in [-0.05, 0) is 42.0 Å². The van der Waals surface area contributed by atoms with Crippen LogP contribution >= 0.6 is 22.9 Å². The monoisotopic (exact) mass is 365 g/mol. The molecule has 1 aliphatic heterocycles. The van der Waals surface area contributed by atoms with Gasteiger partial charge in [0.25, 0.3) is 5.91 Å². The van der Waals surface area contributed by atoms with E-state index in [4.69, 9.17) is 21.1 Å². The summed E-state index contributed by atoms with van der Waals surface area (Å²) in [6, 6.07) is 5.60. The largest absolute Gasteiger partial charge is 0.493 e. The molecule has 0 bridgehead atoms. The van der Waals surface area contributed by atoms with Crippen LogP contribution in [-0.2, 0) is 6.42 Å². The van der Waals surface area contributed by atoms with E-state index in [9.17, 15) is 4.79 Å². The second-order valence-electron chi connectivity index (χ2n) is 5.67. The van der Waals surface area contributed by atoms with E-state index in [1.807, 2.05) is 4.90 Å². The van der Waals surface area contributed by atoms with Crippen molar-refractivity contribution in [3.8, 4) is 11.5 Å². The van der Waals surface area contributed by atoms with E-state index < -0.39 is 0 Å². The first-order valence-corrected chi connectivity index (χ1v) is 9.15. The summed E-state index contributed by atoms with van der Waals surface area (Å²) in [7, 11) is 3.07. The van der Waals surface area contributed by atoms with Crippen LogP contribution in [0.5, 0.6) is 11.5 Å². The number of carbonyl (C=O) groups is 1. The van der Waals surface area contributed by atoms with Gasteiger partial charge in [0.1, 0.15) is 0 Å². The van der Waals surface area contributed by atoms with Crippen LogP contribution in [0.25, 0.3) is 0 Å². The highest BCUT2D eigenvalue weighted by Crippen LogP contribution is 2.39. The van der Waals surface area contributed by atoms with Crippen molar-refractivity contribution in [2.45, 2.75) is 25.8 Å². The van der Waals surface area contributed by atoms with Crippen molar-refractivity contribution in [1.82, 2.24) is 4.90 Å². The van der Waals surface area contributed by atoms with Gasteiger partial charge >= 0.3 is 0 Å². The number of thiophene rings is 1. The Balaban J connectivity index is 1.96. The molecule has 24 heavy (non-hydrogen) atoms. The third kappa shape index (κ3) is 2.87. The molecule has 0 saturated carbocycles. The van der Waals surface area contributed by atoms with Crippen molar-refractivity contribution in [1.29, 1.82) is 0 Å². The lowest BCUT2D eigenvalue weighted by atomic mass is 9.97. The summed E-state index contributed by atoms with van der Waals surface area (Å²) in [5, 5.41) is 2.48. The Morgan fingerprint density at radius 2 is 2.17 bits per heavy atom. The Morgan fingerprint density at radius 3 is 2.83 bits per heavy atom. The number of halogens is 1. The molecule has 0 radical (unpaired) electrons. The SMILES string of the molecule is CC[C@@H]1c2ccsc2CCN1C(=O)c1cc(Cl)c(OC)c(OC)c1. The topological polar surface area (TPSA) is 38.8 Å². The molecule has 0 aliphatic carbocycles. The van der Waals surface area contributed by atoms with Gasteiger partial charge in [0.2, 0.25) is 0 Å². The van der Waals surface area contributed by atoms with Crippen molar-refractivity contribution in [3.05, 3.63) is 44.6 Å². The molecule has 2 aromatic rings. The van der Waals surface area contributed by atoms with Gasteiger partial charge < -0.3 is 14.4 Å². The van der Waals surface area contributed by atoms with Crippen molar-refractivity contribution >= 4 is 28.8 Å². The molecule has 2 heterocycles. The smallest absolute Gasteiger partial charge is 0.254 e. The second kappa shape index (κ2) is 7.03. The summed E-state index contributed by atoms with van der Waals surface area (Å²) in [6.07, 6.45) is 1.78. The lowest BCUT2D eigenvalue weighted by Gasteiger charge is -2.35. The first kappa shape index (κ1) is 17.1. The van der Waals surface area contributed by atoms with E-state index in [1.54, 1.807) is 23.5 Å². The van der Waals surface area contributed by atoms with E-state index in [0.717, 1.165) is 19.4 Å². The molecule has 0 unspecified atom stereocenters. The fraction of sp³-hybridized carbons (Fsp3) is 0.389. The number of nitrogens with zero attached hydrogens (tertiary/aromatic N) is 1. The molecule has 0 fully saturated rings. The third-order valence-corrected chi connectivity index (χ3v) is 5.70. The number of amides is 1. The van der Waals surface area contributed by atoms with Crippen molar-refractivity contribution in [2.75, 3.05) is 20.8 Å². The molecule has 128 valence electrons. The van der Waals surface area contributed by atoms with Gasteiger partial charge in [-0.2, -0.15) is 0 Å². The Hall–Kier alpha value is -1.72. The number of hydrogen-bond acceptors (Lipinski definition) is 4. The first-order chi connectivity index (χ1) is 11.6. The van der Waals surface area contributed by atoms with Crippen LogP contribution in [-0.4, -0.2) is 31.6 Å². The van der Waals surface area contributed by atoms with Gasteiger partial charge in [-0.25, -0.2) is 0 Å². The Kier molecular flexibility index (Phi) is 5.01. The second-order valence-corrected chi connectivity index (χ2v) is 7.07. The van der Waals surface area contributed by atoms with Crippen LogP contribution in [0, 0.1) is 0 Å². The highest BCUT2D eigenvalue weighted by Gasteiger charge is 2.31. The summed E-state index contributed by atoms with van der Waals surface area (Å²) < 4.78 is 10.6. The van der Waals surface area contributed by atoms with Gasteiger partial charge in [0.15, 0.2) is 11.5 Å². The van der Waals surface area contributed by atoms with Crippen LogP contribution in [0.15, 0.2) is 23.6 Å². The van der Waals surface area contributed by atoms with Gasteiger partial charge in [0, 0.05) is 17.0 Å². The predicted molar refractivity (Wildman–Crippen MR) is 96.6 cm³/mol. The molecule has 4 nitrogen and oxygen atoms in total. The summed E-state index contributed by atoms with van der Waals surface area (Å²) in [4.78, 5) is 16.4. The first-order valence-electron chi connectivity index (χ1n) is 7.89. The molecule has 1 amide bonds. The average Bonchev–Trinajstić information content (AvgIpc) is 3.08. The van der Waals surface area contributed by atoms with Crippen LogP contribution in [0.3, 0.4) is 0 Å². The molecule has 0 spiro atoms. The highest BCUT2D eigenvalue weighted by molar-refractivity contribution is 7.10. The summed E-state index contributed by atoms with van der Waals surface area (Å²) in [5.74, 6) is 0.887. The Labute approximate surface area is 150 Å². The van der Waals surface area contributed by atoms with Crippen LogP contribution < -0.4 is 9.47 Å². The van der Waals surface area contributed by atoms with Gasteiger partial charge in [0.05, 0.1) is 25.3 Å². The van der Waals surface area contributed by atoms with Gasteiger partial charge in [-0.15, -0.1) is 11.3 Å². The van der Waals surface area contributed by atoms with E-state index >= 15 is 0 Å². The molecule has 6 heteroatoms. The number of fused-ring (bicyclic) bond motifs is 1. The van der Waals surface area contributed by atoms with E-state index in [-0.39, 0.29) is 11.9 Å². The third-order valence-electron chi connectivity index (χ3n) is 4.42. The molecular formula is C18H20ClNO3S. The minimum Gasteiger partial charge on any atom is -0.493 e. The van der Waals surface area contributed by atoms with E-state index in [0.29, 0.717) is 22.1 Å². The van der Waals surface area contributed by atoms with Crippen LogP contribution in [0.1, 0.15) is 40.2 Å². The number of hydrogen-bond donors (Lipinski definition) is 0. The number of carbonyl (C=O) groups excluding carboxylic acids is 1. The fourth-order valence-electron chi connectivity index (χ4n) is 3.29. The Bertz CT molecular complexity index is 759. The van der Waals surface area contributed by atoms with Crippen molar-refractivity contribution in [3.63, 3.8) is 0 Å². The minimum atomic E-state index is -0.0263. The lowest BCUT2D eigenvalue weighted by Crippen LogP contribution is -2.39. The number of ether oxygens (including phenoxy) is 2. The number of benzene rings is 1. The number of rotatable bonds is 4. The summed E-state index contributed by atoms with van der Waals surface area (Å²) >= 11 is 8.03. The number of methoxy groups -OCH3 is 2. The molecule has 0 saturated heterocycles. The summed E-state index contributed by atoms with van der Waals surface area (Å²) in [6.45, 7) is 2.83. The highest BCUT2D eigenvalue weighted by atomic mass is 35.5. The quantitative estimate of drug-likeness (QED) is 0.796. The van der Waals surface area contributed by atoms with Crippen molar-refractivity contribution < 1.29 is 14.3 Å². The maximum atomic E-state index is 13.1. The summed E-state index contributed by atoms with van der Waals surface area (Å²) in [5.41, 5.74) is 1.79. The Morgan fingerprint density at radius 1 is 1.38 bits per heavy atom. The molecular weight excluding hydrogens is 346 g/mol. The van der Waals surface area contributed by atoms with E-state index in [1.165, 1.54) is 24.7 Å².